The standard InChI is InChI=1S/C25H36O4/c1-6-20-23(29-16(3)27)14-22-19-8-7-17-13-18(28-15(2)26)9-11-24(17,4)21(19)10-12-25(20,22)5/h6-7,18-19,21-23H,8-14H2,1-5H3/t18?,19?,21?,22?,23?,24-,25+/m0/s1. The van der Waals surface area contributed by atoms with E-state index in [2.05, 4.69) is 32.9 Å². The monoisotopic (exact) mass is 400 g/mol. The predicted octanol–water partition coefficient (Wildman–Crippen LogP) is 5.37. The number of hydrogen-bond acceptors (Lipinski definition) is 4. The van der Waals surface area contributed by atoms with Crippen molar-refractivity contribution < 1.29 is 19.1 Å². The molecule has 0 N–H and O–H groups in total. The fourth-order valence-corrected chi connectivity index (χ4v) is 7.63. The molecule has 7 atom stereocenters. The van der Waals surface area contributed by atoms with E-state index in [1.165, 1.54) is 37.8 Å². The zero-order chi connectivity index (χ0) is 21.0. The van der Waals surface area contributed by atoms with E-state index in [1.54, 1.807) is 0 Å². The predicted molar refractivity (Wildman–Crippen MR) is 112 cm³/mol. The lowest BCUT2D eigenvalue weighted by atomic mass is 9.48. The van der Waals surface area contributed by atoms with Crippen LogP contribution < -0.4 is 0 Å². The minimum atomic E-state index is -0.172. The van der Waals surface area contributed by atoms with Crippen LogP contribution in [0.25, 0.3) is 0 Å². The van der Waals surface area contributed by atoms with Gasteiger partial charge in [-0.05, 0) is 79.6 Å². The second-order valence-electron chi connectivity index (χ2n) is 10.3. The summed E-state index contributed by atoms with van der Waals surface area (Å²) in [6.45, 7) is 10.0. The zero-order valence-electron chi connectivity index (χ0n) is 18.6. The van der Waals surface area contributed by atoms with Crippen molar-refractivity contribution in [1.82, 2.24) is 0 Å². The van der Waals surface area contributed by atoms with Crippen molar-refractivity contribution in [3.63, 3.8) is 0 Å². The van der Waals surface area contributed by atoms with Gasteiger partial charge in [0, 0.05) is 20.3 Å². The molecule has 0 amide bonds. The van der Waals surface area contributed by atoms with Crippen LogP contribution in [0.5, 0.6) is 0 Å². The largest absolute Gasteiger partial charge is 0.462 e. The molecule has 5 unspecified atom stereocenters. The molecule has 0 aromatic heterocycles. The number of esters is 2. The van der Waals surface area contributed by atoms with E-state index in [1.807, 2.05) is 0 Å². The maximum atomic E-state index is 11.7. The van der Waals surface area contributed by atoms with Crippen molar-refractivity contribution in [2.75, 3.05) is 0 Å². The summed E-state index contributed by atoms with van der Waals surface area (Å²) in [5.74, 6) is 1.55. The summed E-state index contributed by atoms with van der Waals surface area (Å²) in [4.78, 5) is 23.1. The lowest BCUT2D eigenvalue weighted by molar-refractivity contribution is -0.148. The Kier molecular flexibility index (Phi) is 5.19. The molecule has 4 rings (SSSR count). The van der Waals surface area contributed by atoms with Gasteiger partial charge in [-0.2, -0.15) is 0 Å². The van der Waals surface area contributed by atoms with Crippen molar-refractivity contribution in [3.8, 4) is 0 Å². The van der Waals surface area contributed by atoms with Crippen LogP contribution in [0.2, 0.25) is 0 Å². The highest BCUT2D eigenvalue weighted by atomic mass is 16.5. The quantitative estimate of drug-likeness (QED) is 0.462. The van der Waals surface area contributed by atoms with Crippen LogP contribution in [0.3, 0.4) is 0 Å². The van der Waals surface area contributed by atoms with Gasteiger partial charge in [-0.3, -0.25) is 9.59 Å². The van der Waals surface area contributed by atoms with Gasteiger partial charge in [-0.15, -0.1) is 0 Å². The molecule has 0 bridgehead atoms. The molecule has 3 saturated carbocycles. The zero-order valence-corrected chi connectivity index (χ0v) is 18.6. The van der Waals surface area contributed by atoms with Crippen molar-refractivity contribution in [3.05, 3.63) is 23.3 Å². The van der Waals surface area contributed by atoms with Crippen LogP contribution in [0, 0.1) is 28.6 Å². The second kappa shape index (κ2) is 7.28. The lowest BCUT2D eigenvalue weighted by Crippen LogP contribution is -2.49. The molecule has 0 aromatic carbocycles. The Hall–Kier alpha value is -1.58. The Bertz CT molecular complexity index is 765. The first-order valence-corrected chi connectivity index (χ1v) is 11.4. The van der Waals surface area contributed by atoms with Crippen molar-refractivity contribution in [2.45, 2.75) is 91.8 Å². The Morgan fingerprint density at radius 1 is 1.03 bits per heavy atom. The minimum absolute atomic E-state index is 0.0479. The minimum Gasteiger partial charge on any atom is -0.462 e. The highest BCUT2D eigenvalue weighted by molar-refractivity contribution is 5.67. The molecule has 0 saturated heterocycles. The van der Waals surface area contributed by atoms with E-state index in [0.29, 0.717) is 17.8 Å². The fraction of sp³-hybridized carbons (Fsp3) is 0.760. The first kappa shape index (κ1) is 20.7. The van der Waals surface area contributed by atoms with Crippen LogP contribution in [0.15, 0.2) is 23.3 Å². The molecule has 0 heterocycles. The van der Waals surface area contributed by atoms with Crippen LogP contribution in [-0.4, -0.2) is 24.1 Å². The molecule has 0 spiro atoms. The maximum absolute atomic E-state index is 11.7. The summed E-state index contributed by atoms with van der Waals surface area (Å²) in [5, 5.41) is 0. The topological polar surface area (TPSA) is 52.6 Å². The lowest BCUT2D eigenvalue weighted by Gasteiger charge is -2.57. The van der Waals surface area contributed by atoms with Gasteiger partial charge in [-0.25, -0.2) is 0 Å². The molecule has 4 aliphatic carbocycles. The smallest absolute Gasteiger partial charge is 0.303 e. The van der Waals surface area contributed by atoms with Crippen molar-refractivity contribution in [1.29, 1.82) is 0 Å². The van der Waals surface area contributed by atoms with Crippen LogP contribution in [-0.2, 0) is 19.1 Å². The van der Waals surface area contributed by atoms with Gasteiger partial charge in [0.2, 0.25) is 0 Å². The number of ether oxygens (including phenoxy) is 2. The van der Waals surface area contributed by atoms with Crippen molar-refractivity contribution in [2.24, 2.45) is 28.6 Å². The van der Waals surface area contributed by atoms with Gasteiger partial charge in [0.1, 0.15) is 12.2 Å². The third-order valence-corrected chi connectivity index (χ3v) is 8.87. The summed E-state index contributed by atoms with van der Waals surface area (Å²) in [6.07, 6.45) is 12.1. The van der Waals surface area contributed by atoms with Gasteiger partial charge < -0.3 is 9.47 Å². The molecule has 0 radical (unpaired) electrons. The molecule has 29 heavy (non-hydrogen) atoms. The van der Waals surface area contributed by atoms with Gasteiger partial charge in [0.05, 0.1) is 0 Å². The average Bonchev–Trinajstić information content (AvgIpc) is 2.92. The maximum Gasteiger partial charge on any atom is 0.303 e. The van der Waals surface area contributed by atoms with Gasteiger partial charge in [0.15, 0.2) is 0 Å². The summed E-state index contributed by atoms with van der Waals surface area (Å²) >= 11 is 0. The fourth-order valence-electron chi connectivity index (χ4n) is 7.63. The van der Waals surface area contributed by atoms with Crippen LogP contribution in [0.4, 0.5) is 0 Å². The Balaban J connectivity index is 1.61. The number of carbonyl (C=O) groups excluding carboxylic acids is 2. The highest BCUT2D eigenvalue weighted by Crippen LogP contribution is 2.66. The first-order valence-electron chi connectivity index (χ1n) is 11.4. The SMILES string of the molecule is CC=C1C(OC(C)=O)CC2C3CC=C4CC(OC(C)=O)CC[C@]4(C)C3CC[C@]12C. The number of hydrogen-bond donors (Lipinski definition) is 0. The Morgan fingerprint density at radius 3 is 2.38 bits per heavy atom. The molecule has 3 fully saturated rings. The molecule has 0 aromatic rings. The number of carbonyl (C=O) groups is 2. The van der Waals surface area contributed by atoms with Gasteiger partial charge in [-0.1, -0.05) is 31.6 Å². The molecule has 4 heteroatoms. The molecule has 0 aliphatic heterocycles. The Labute approximate surface area is 175 Å². The van der Waals surface area contributed by atoms with E-state index in [-0.39, 0.29) is 35.0 Å². The third kappa shape index (κ3) is 3.27. The molecule has 4 aliphatic rings. The number of rotatable bonds is 2. The highest BCUT2D eigenvalue weighted by Gasteiger charge is 2.59. The number of fused-ring (bicyclic) bond motifs is 5. The van der Waals surface area contributed by atoms with E-state index in [0.717, 1.165) is 32.1 Å². The van der Waals surface area contributed by atoms with Gasteiger partial charge in [0.25, 0.3) is 0 Å². The van der Waals surface area contributed by atoms with Crippen LogP contribution in [0.1, 0.15) is 79.6 Å². The van der Waals surface area contributed by atoms with E-state index in [4.69, 9.17) is 9.47 Å². The molecule has 160 valence electrons. The second-order valence-corrected chi connectivity index (χ2v) is 10.3. The van der Waals surface area contributed by atoms with E-state index in [9.17, 15) is 9.59 Å². The summed E-state index contributed by atoms with van der Waals surface area (Å²) in [6, 6.07) is 0. The number of allylic oxidation sites excluding steroid dienone is 2. The van der Waals surface area contributed by atoms with E-state index < -0.39 is 0 Å². The third-order valence-electron chi connectivity index (χ3n) is 8.87. The van der Waals surface area contributed by atoms with Gasteiger partial charge >= 0.3 is 11.9 Å². The summed E-state index contributed by atoms with van der Waals surface area (Å²) < 4.78 is 11.3. The summed E-state index contributed by atoms with van der Waals surface area (Å²) in [7, 11) is 0. The first-order chi connectivity index (χ1) is 13.7. The normalized spacial score (nSPS) is 44.9. The molecule has 4 nitrogen and oxygen atoms in total. The Morgan fingerprint density at radius 2 is 1.72 bits per heavy atom. The van der Waals surface area contributed by atoms with Crippen molar-refractivity contribution >= 4 is 11.9 Å². The average molecular weight is 401 g/mol. The van der Waals surface area contributed by atoms with E-state index >= 15 is 0 Å². The summed E-state index contributed by atoms with van der Waals surface area (Å²) in [5.41, 5.74) is 3.22. The van der Waals surface area contributed by atoms with Crippen LogP contribution >= 0.6 is 0 Å². The molecular formula is C25H36O4. The molecular weight excluding hydrogens is 364 g/mol.